The molecule has 0 spiro atoms. The summed E-state index contributed by atoms with van der Waals surface area (Å²) in [5.74, 6) is -0.195. The van der Waals surface area contributed by atoms with Gasteiger partial charge in [-0.2, -0.15) is 13.2 Å². The Morgan fingerprint density at radius 3 is 2.30 bits per heavy atom. The topological polar surface area (TPSA) is 61.4 Å². The van der Waals surface area contributed by atoms with Gasteiger partial charge in [0.05, 0.1) is 5.56 Å². The molecule has 2 amide bonds. The van der Waals surface area contributed by atoms with Gasteiger partial charge in [-0.05, 0) is 50.0 Å². The van der Waals surface area contributed by atoms with E-state index in [1.165, 1.54) is 6.07 Å². The van der Waals surface area contributed by atoms with E-state index in [2.05, 4.69) is 31.5 Å². The molecule has 0 unspecified atom stereocenters. The molecule has 1 aliphatic heterocycles. The predicted octanol–water partition coefficient (Wildman–Crippen LogP) is 4.07. The number of carbonyl (C=O) groups is 2. The summed E-state index contributed by atoms with van der Waals surface area (Å²) in [6.07, 6.45) is -2.72. The van der Waals surface area contributed by atoms with E-state index < -0.39 is 23.1 Å². The highest BCUT2D eigenvalue weighted by Gasteiger charge is 2.31. The highest BCUT2D eigenvalue weighted by Crippen LogP contribution is 2.32. The lowest BCUT2D eigenvalue weighted by Gasteiger charge is -2.32. The van der Waals surface area contributed by atoms with Gasteiger partial charge >= 0.3 is 6.18 Å². The molecular weight excluding hydrogens is 463 g/mol. The van der Waals surface area contributed by atoms with E-state index in [0.717, 1.165) is 44.6 Å². The average molecular weight is 492 g/mol. The maximum atomic E-state index is 12.9. The minimum Gasteiger partial charge on any atom is -0.354 e. The van der Waals surface area contributed by atoms with E-state index in [1.54, 1.807) is 0 Å². The van der Waals surface area contributed by atoms with Crippen LogP contribution < -0.4 is 10.6 Å². The summed E-state index contributed by atoms with van der Waals surface area (Å²) in [5.41, 5.74) is -1.27. The van der Waals surface area contributed by atoms with Crippen molar-refractivity contribution in [2.75, 3.05) is 32.7 Å². The van der Waals surface area contributed by atoms with Crippen LogP contribution >= 0.6 is 15.9 Å². The monoisotopic (exact) mass is 491 g/mol. The van der Waals surface area contributed by atoms with E-state index in [4.69, 9.17) is 0 Å². The molecule has 0 saturated carbocycles. The SMILES string of the molecule is CC(C)(C)C(=O)NCCN1CCC(CNC(=O)c2cc(Br)cc(C(F)(F)F)c2)CC1. The molecule has 1 aromatic rings. The van der Waals surface area contributed by atoms with Gasteiger partial charge in [-0.3, -0.25) is 9.59 Å². The molecule has 1 aliphatic rings. The number of hydrogen-bond acceptors (Lipinski definition) is 3. The zero-order chi connectivity index (χ0) is 22.5. The Balaban J connectivity index is 1.75. The summed E-state index contributed by atoms with van der Waals surface area (Å²) in [6, 6.07) is 3.21. The van der Waals surface area contributed by atoms with Crippen molar-refractivity contribution in [3.05, 3.63) is 33.8 Å². The second kappa shape index (κ2) is 10.1. The van der Waals surface area contributed by atoms with E-state index >= 15 is 0 Å². The standard InChI is InChI=1S/C21H29BrF3N3O2/c1-20(2,3)19(30)26-6-9-28-7-4-14(5-8-28)13-27-18(29)15-10-16(21(23,24)25)12-17(22)11-15/h10-12,14H,4-9,13H2,1-3H3,(H,26,30)(H,27,29). The number of rotatable bonds is 6. The van der Waals surface area contributed by atoms with Crippen LogP contribution in [0.5, 0.6) is 0 Å². The van der Waals surface area contributed by atoms with Gasteiger partial charge < -0.3 is 15.5 Å². The molecule has 0 bridgehead atoms. The third kappa shape index (κ3) is 7.58. The third-order valence-corrected chi connectivity index (χ3v) is 5.60. The first-order chi connectivity index (χ1) is 13.9. The lowest BCUT2D eigenvalue weighted by atomic mass is 9.95. The maximum Gasteiger partial charge on any atom is 0.416 e. The van der Waals surface area contributed by atoms with Crippen molar-refractivity contribution < 1.29 is 22.8 Å². The number of halogens is 4. The lowest BCUT2D eigenvalue weighted by Crippen LogP contribution is -2.43. The number of nitrogens with one attached hydrogen (secondary N) is 2. The Morgan fingerprint density at radius 2 is 1.73 bits per heavy atom. The summed E-state index contributed by atoms with van der Waals surface area (Å²) < 4.78 is 39.0. The van der Waals surface area contributed by atoms with Crippen molar-refractivity contribution in [3.8, 4) is 0 Å². The Hall–Kier alpha value is -1.61. The summed E-state index contributed by atoms with van der Waals surface area (Å²) in [7, 11) is 0. The summed E-state index contributed by atoms with van der Waals surface area (Å²) >= 11 is 3.04. The van der Waals surface area contributed by atoms with Crippen LogP contribution in [0.15, 0.2) is 22.7 Å². The van der Waals surface area contributed by atoms with Gasteiger partial charge in [0.2, 0.25) is 5.91 Å². The fourth-order valence-electron chi connectivity index (χ4n) is 3.23. The minimum atomic E-state index is -4.50. The Bertz CT molecular complexity index is 755. The van der Waals surface area contributed by atoms with Crippen molar-refractivity contribution in [1.29, 1.82) is 0 Å². The largest absolute Gasteiger partial charge is 0.416 e. The molecule has 9 heteroatoms. The molecule has 5 nitrogen and oxygen atoms in total. The van der Waals surface area contributed by atoms with Gasteiger partial charge in [0.15, 0.2) is 0 Å². The summed E-state index contributed by atoms with van der Waals surface area (Å²) in [5, 5.41) is 5.70. The Morgan fingerprint density at radius 1 is 1.10 bits per heavy atom. The normalized spacial score (nSPS) is 16.4. The molecule has 0 aromatic heterocycles. The van der Waals surface area contributed by atoms with Crippen LogP contribution in [0, 0.1) is 11.3 Å². The second-order valence-corrected chi connectivity index (χ2v) is 9.64. The van der Waals surface area contributed by atoms with Crippen molar-refractivity contribution in [2.45, 2.75) is 39.8 Å². The maximum absolute atomic E-state index is 12.9. The first-order valence-corrected chi connectivity index (χ1v) is 10.8. The molecule has 1 fully saturated rings. The first-order valence-electron chi connectivity index (χ1n) is 10.0. The molecule has 168 valence electrons. The van der Waals surface area contributed by atoms with Gasteiger partial charge in [-0.25, -0.2) is 0 Å². The van der Waals surface area contributed by atoms with Crippen LogP contribution in [0.3, 0.4) is 0 Å². The first kappa shape index (κ1) is 24.7. The fraction of sp³-hybridized carbons (Fsp3) is 0.619. The summed E-state index contributed by atoms with van der Waals surface area (Å²) in [6.45, 7) is 9.16. The lowest BCUT2D eigenvalue weighted by molar-refractivity contribution is -0.137. The van der Waals surface area contributed by atoms with Crippen LogP contribution in [-0.2, 0) is 11.0 Å². The molecular formula is C21H29BrF3N3O2. The van der Waals surface area contributed by atoms with Crippen molar-refractivity contribution in [2.24, 2.45) is 11.3 Å². The molecule has 1 saturated heterocycles. The van der Waals surface area contributed by atoms with E-state index in [0.29, 0.717) is 13.1 Å². The van der Waals surface area contributed by atoms with Crippen molar-refractivity contribution in [1.82, 2.24) is 15.5 Å². The average Bonchev–Trinajstić information content (AvgIpc) is 2.65. The smallest absolute Gasteiger partial charge is 0.354 e. The van der Waals surface area contributed by atoms with Crippen LogP contribution in [-0.4, -0.2) is 49.4 Å². The number of piperidine rings is 1. The molecule has 0 radical (unpaired) electrons. The summed E-state index contributed by atoms with van der Waals surface area (Å²) in [4.78, 5) is 26.5. The quantitative estimate of drug-likeness (QED) is 0.630. The van der Waals surface area contributed by atoms with Crippen molar-refractivity contribution in [3.63, 3.8) is 0 Å². The number of hydrogen-bond donors (Lipinski definition) is 2. The van der Waals surface area contributed by atoms with Gasteiger partial charge in [0, 0.05) is 35.1 Å². The van der Waals surface area contributed by atoms with Crippen LogP contribution in [0.4, 0.5) is 13.2 Å². The number of benzene rings is 1. The van der Waals surface area contributed by atoms with Gasteiger partial charge in [0.1, 0.15) is 0 Å². The van der Waals surface area contributed by atoms with Crippen LogP contribution in [0.1, 0.15) is 49.5 Å². The Labute approximate surface area is 183 Å². The number of carbonyl (C=O) groups excluding carboxylic acids is 2. The fourth-order valence-corrected chi connectivity index (χ4v) is 3.72. The van der Waals surface area contributed by atoms with Crippen LogP contribution in [0.25, 0.3) is 0 Å². The number of likely N-dealkylation sites (tertiary alicyclic amines) is 1. The highest BCUT2D eigenvalue weighted by molar-refractivity contribution is 9.10. The van der Waals surface area contributed by atoms with Gasteiger partial charge in [-0.1, -0.05) is 36.7 Å². The molecule has 1 aromatic carbocycles. The number of alkyl halides is 3. The molecule has 0 aliphatic carbocycles. The molecule has 30 heavy (non-hydrogen) atoms. The van der Waals surface area contributed by atoms with E-state index in [1.807, 2.05) is 20.8 Å². The van der Waals surface area contributed by atoms with Crippen LogP contribution in [0.2, 0.25) is 0 Å². The minimum absolute atomic E-state index is 0.0104. The molecule has 2 N–H and O–H groups in total. The van der Waals surface area contributed by atoms with Gasteiger partial charge in [-0.15, -0.1) is 0 Å². The zero-order valence-electron chi connectivity index (χ0n) is 17.5. The van der Waals surface area contributed by atoms with E-state index in [9.17, 15) is 22.8 Å². The van der Waals surface area contributed by atoms with Crippen molar-refractivity contribution >= 4 is 27.7 Å². The Kier molecular flexibility index (Phi) is 8.33. The number of amides is 2. The second-order valence-electron chi connectivity index (χ2n) is 8.73. The third-order valence-electron chi connectivity index (χ3n) is 5.14. The zero-order valence-corrected chi connectivity index (χ0v) is 19.1. The van der Waals surface area contributed by atoms with Gasteiger partial charge in [0.25, 0.3) is 5.91 Å². The molecule has 0 atom stereocenters. The molecule has 1 heterocycles. The molecule has 2 rings (SSSR count). The number of nitrogens with zero attached hydrogens (tertiary/aromatic N) is 1. The highest BCUT2D eigenvalue weighted by atomic mass is 79.9. The van der Waals surface area contributed by atoms with E-state index in [-0.39, 0.29) is 21.9 Å². The predicted molar refractivity (Wildman–Crippen MR) is 113 cm³/mol.